The maximum absolute atomic E-state index is 12.3. The number of amides is 1. The molecule has 23 heavy (non-hydrogen) atoms. The first-order valence-corrected chi connectivity index (χ1v) is 7.06. The van der Waals surface area contributed by atoms with Crippen LogP contribution in [0.25, 0.3) is 0 Å². The molecule has 0 aromatic heterocycles. The minimum atomic E-state index is -0.598. The molecule has 2 aromatic rings. The summed E-state index contributed by atoms with van der Waals surface area (Å²) in [6.07, 6.45) is 0. The number of rotatable bonds is 5. The lowest BCUT2D eigenvalue weighted by Crippen LogP contribution is -2.27. The van der Waals surface area contributed by atoms with Crippen molar-refractivity contribution in [1.29, 1.82) is 0 Å². The van der Waals surface area contributed by atoms with Crippen LogP contribution in [-0.2, 0) is 9.53 Å². The summed E-state index contributed by atoms with van der Waals surface area (Å²) in [7, 11) is 3.17. The highest BCUT2D eigenvalue weighted by molar-refractivity contribution is 6.09. The van der Waals surface area contributed by atoms with Gasteiger partial charge in [-0.3, -0.25) is 9.59 Å². The lowest BCUT2D eigenvalue weighted by atomic mass is 10.0. The molecule has 0 fully saturated rings. The van der Waals surface area contributed by atoms with Crippen LogP contribution in [0, 0.1) is 0 Å². The molecule has 0 N–H and O–H groups in total. The van der Waals surface area contributed by atoms with E-state index in [-0.39, 0.29) is 18.3 Å². The average Bonchev–Trinajstić information content (AvgIpc) is 2.59. The largest absolute Gasteiger partial charge is 0.452 e. The highest BCUT2D eigenvalue weighted by Crippen LogP contribution is 2.11. The minimum Gasteiger partial charge on any atom is -0.452 e. The Labute approximate surface area is 134 Å². The zero-order chi connectivity index (χ0) is 16.8. The molecule has 0 aliphatic heterocycles. The first-order valence-electron chi connectivity index (χ1n) is 7.06. The molecule has 1 amide bonds. The predicted octanol–water partition coefficient (Wildman–Crippen LogP) is 2.16. The van der Waals surface area contributed by atoms with Crippen LogP contribution < -0.4 is 0 Å². The summed E-state index contributed by atoms with van der Waals surface area (Å²) in [5.41, 5.74) is 1.36. The molecule has 2 aromatic carbocycles. The van der Waals surface area contributed by atoms with Crippen LogP contribution in [0.3, 0.4) is 0 Å². The van der Waals surface area contributed by atoms with Gasteiger partial charge in [-0.25, -0.2) is 4.79 Å². The quantitative estimate of drug-likeness (QED) is 0.627. The van der Waals surface area contributed by atoms with E-state index in [2.05, 4.69) is 0 Å². The molecule has 2 rings (SSSR count). The fraction of sp³-hybridized carbons (Fsp3) is 0.167. The number of likely N-dealkylation sites (N-methyl/N-ethyl adjacent to an activating group) is 1. The van der Waals surface area contributed by atoms with Crippen molar-refractivity contribution in [3.05, 3.63) is 71.3 Å². The van der Waals surface area contributed by atoms with Gasteiger partial charge in [0.15, 0.2) is 12.4 Å². The molecule has 0 atom stereocenters. The zero-order valence-electron chi connectivity index (χ0n) is 13.0. The van der Waals surface area contributed by atoms with Crippen LogP contribution in [0.4, 0.5) is 0 Å². The number of hydrogen-bond acceptors (Lipinski definition) is 4. The van der Waals surface area contributed by atoms with Gasteiger partial charge in [0, 0.05) is 25.2 Å². The average molecular weight is 311 g/mol. The molecule has 0 radical (unpaired) electrons. The molecule has 0 saturated carbocycles. The van der Waals surface area contributed by atoms with Crippen molar-refractivity contribution in [3.63, 3.8) is 0 Å². The van der Waals surface area contributed by atoms with E-state index in [1.165, 1.54) is 17.0 Å². The van der Waals surface area contributed by atoms with Gasteiger partial charge >= 0.3 is 5.97 Å². The van der Waals surface area contributed by atoms with Gasteiger partial charge in [0.05, 0.1) is 5.56 Å². The van der Waals surface area contributed by atoms with Gasteiger partial charge in [-0.15, -0.1) is 0 Å². The minimum absolute atomic E-state index is 0.117. The predicted molar refractivity (Wildman–Crippen MR) is 85.3 cm³/mol. The fourth-order valence-electron chi connectivity index (χ4n) is 1.85. The summed E-state index contributed by atoms with van der Waals surface area (Å²) in [6, 6.07) is 15.1. The van der Waals surface area contributed by atoms with Crippen molar-refractivity contribution in [1.82, 2.24) is 4.90 Å². The third-order valence-corrected chi connectivity index (χ3v) is 3.24. The van der Waals surface area contributed by atoms with E-state index in [0.717, 1.165) is 0 Å². The van der Waals surface area contributed by atoms with Gasteiger partial charge in [0.25, 0.3) is 5.91 Å². The molecule has 5 heteroatoms. The van der Waals surface area contributed by atoms with Crippen molar-refractivity contribution in [2.75, 3.05) is 20.7 Å². The normalized spacial score (nSPS) is 10.0. The number of esters is 1. The molecular weight excluding hydrogens is 294 g/mol. The summed E-state index contributed by atoms with van der Waals surface area (Å²) in [6.45, 7) is -0.309. The van der Waals surface area contributed by atoms with Gasteiger partial charge in [0.2, 0.25) is 0 Å². The van der Waals surface area contributed by atoms with E-state index in [1.54, 1.807) is 50.5 Å². The second-order valence-corrected chi connectivity index (χ2v) is 5.14. The molecule has 0 aliphatic rings. The summed E-state index contributed by atoms with van der Waals surface area (Å²) in [4.78, 5) is 36.8. The highest BCUT2D eigenvalue weighted by atomic mass is 16.5. The van der Waals surface area contributed by atoms with E-state index < -0.39 is 5.97 Å². The van der Waals surface area contributed by atoms with Crippen molar-refractivity contribution in [3.8, 4) is 0 Å². The Morgan fingerprint density at radius 1 is 0.826 bits per heavy atom. The number of hydrogen-bond donors (Lipinski definition) is 0. The maximum atomic E-state index is 12.3. The van der Waals surface area contributed by atoms with Gasteiger partial charge in [-0.2, -0.15) is 0 Å². The maximum Gasteiger partial charge on any atom is 0.338 e. The van der Waals surface area contributed by atoms with Crippen LogP contribution in [0.5, 0.6) is 0 Å². The summed E-state index contributed by atoms with van der Waals surface area (Å²) in [5.74, 6) is -1.01. The number of carbonyl (C=O) groups excluding carboxylic acids is 3. The van der Waals surface area contributed by atoms with Crippen molar-refractivity contribution < 1.29 is 19.1 Å². The lowest BCUT2D eigenvalue weighted by Gasteiger charge is -2.10. The number of ether oxygens (including phenoxy) is 1. The number of nitrogens with zero attached hydrogens (tertiary/aromatic N) is 1. The van der Waals surface area contributed by atoms with Gasteiger partial charge in [-0.05, 0) is 12.1 Å². The molecule has 118 valence electrons. The summed E-state index contributed by atoms with van der Waals surface area (Å²) >= 11 is 0. The molecule has 0 aliphatic carbocycles. The summed E-state index contributed by atoms with van der Waals surface area (Å²) < 4.78 is 4.92. The van der Waals surface area contributed by atoms with Crippen LogP contribution >= 0.6 is 0 Å². The van der Waals surface area contributed by atoms with E-state index >= 15 is 0 Å². The Balaban J connectivity index is 2.03. The Bertz CT molecular complexity index is 706. The fourth-order valence-corrected chi connectivity index (χ4v) is 1.85. The van der Waals surface area contributed by atoms with Gasteiger partial charge < -0.3 is 9.64 Å². The molecule has 0 spiro atoms. The second-order valence-electron chi connectivity index (χ2n) is 5.14. The van der Waals surface area contributed by atoms with Crippen LogP contribution in [-0.4, -0.2) is 43.3 Å². The van der Waals surface area contributed by atoms with Crippen molar-refractivity contribution in [2.45, 2.75) is 0 Å². The smallest absolute Gasteiger partial charge is 0.338 e. The third kappa shape index (κ3) is 4.26. The topological polar surface area (TPSA) is 63.7 Å². The summed E-state index contributed by atoms with van der Waals surface area (Å²) in [5, 5.41) is 0. The molecule has 0 unspecified atom stereocenters. The van der Waals surface area contributed by atoms with E-state index in [1.807, 2.05) is 6.07 Å². The Hall–Kier alpha value is -2.95. The number of carbonyl (C=O) groups is 3. The second kappa shape index (κ2) is 7.35. The molecular formula is C18H17NO4. The zero-order valence-corrected chi connectivity index (χ0v) is 13.0. The first-order chi connectivity index (χ1) is 11.0. The van der Waals surface area contributed by atoms with Crippen LogP contribution in [0.2, 0.25) is 0 Å². The van der Waals surface area contributed by atoms with Crippen LogP contribution in [0.15, 0.2) is 54.6 Å². The third-order valence-electron chi connectivity index (χ3n) is 3.24. The van der Waals surface area contributed by atoms with Gasteiger partial charge in [-0.1, -0.05) is 42.5 Å². The van der Waals surface area contributed by atoms with Gasteiger partial charge in [0.1, 0.15) is 0 Å². The van der Waals surface area contributed by atoms with E-state index in [0.29, 0.717) is 16.7 Å². The molecule has 5 nitrogen and oxygen atoms in total. The monoisotopic (exact) mass is 311 g/mol. The van der Waals surface area contributed by atoms with Crippen LogP contribution in [0.1, 0.15) is 26.3 Å². The number of ketones is 1. The molecule has 0 heterocycles. The lowest BCUT2D eigenvalue weighted by molar-refractivity contribution is -0.131. The Morgan fingerprint density at radius 3 is 1.91 bits per heavy atom. The van der Waals surface area contributed by atoms with Crippen molar-refractivity contribution in [2.24, 2.45) is 0 Å². The Morgan fingerprint density at radius 2 is 1.35 bits per heavy atom. The SMILES string of the molecule is CN(C)C(=O)COC(=O)c1ccc(C(=O)c2ccccc2)cc1. The van der Waals surface area contributed by atoms with E-state index in [4.69, 9.17) is 4.74 Å². The number of benzene rings is 2. The Kier molecular flexibility index (Phi) is 5.25. The van der Waals surface area contributed by atoms with E-state index in [9.17, 15) is 14.4 Å². The first kappa shape index (κ1) is 16.4. The standard InChI is InChI=1S/C18H17NO4/c1-19(2)16(20)12-23-18(22)15-10-8-14(9-11-15)17(21)13-6-4-3-5-7-13/h3-11H,12H2,1-2H3. The van der Waals surface area contributed by atoms with Crippen molar-refractivity contribution >= 4 is 17.7 Å². The highest BCUT2D eigenvalue weighted by Gasteiger charge is 2.13. The molecule has 0 bridgehead atoms. The molecule has 0 saturated heterocycles.